The van der Waals surface area contributed by atoms with Crippen molar-refractivity contribution in [2.24, 2.45) is 0 Å². The van der Waals surface area contributed by atoms with E-state index in [-0.39, 0.29) is 10.6 Å². The van der Waals surface area contributed by atoms with Crippen LogP contribution in [0.5, 0.6) is 0 Å². The smallest absolute Gasteiger partial charge is 0.192 e. The SMILES string of the molecule is C=CCC(O[Si](C)(C)C(C)(C)C)c1cc(F)cc(F)c1F. The maximum Gasteiger partial charge on any atom is 0.192 e. The molecule has 0 aliphatic heterocycles. The van der Waals surface area contributed by atoms with E-state index in [1.165, 1.54) is 0 Å². The molecule has 1 nitrogen and oxygen atoms in total. The van der Waals surface area contributed by atoms with Crippen molar-refractivity contribution >= 4 is 8.32 Å². The van der Waals surface area contributed by atoms with E-state index in [4.69, 9.17) is 4.43 Å². The fourth-order valence-electron chi connectivity index (χ4n) is 1.73. The molecule has 0 fully saturated rings. The minimum Gasteiger partial charge on any atom is -0.410 e. The minimum atomic E-state index is -2.21. The Labute approximate surface area is 126 Å². The molecule has 0 aromatic heterocycles. The van der Waals surface area contributed by atoms with Crippen molar-refractivity contribution in [2.45, 2.75) is 51.4 Å². The molecular formula is C16H23F3OSi. The van der Waals surface area contributed by atoms with Crippen molar-refractivity contribution in [2.75, 3.05) is 0 Å². The van der Waals surface area contributed by atoms with Crippen LogP contribution in [0.4, 0.5) is 13.2 Å². The highest BCUT2D eigenvalue weighted by atomic mass is 28.4. The summed E-state index contributed by atoms with van der Waals surface area (Å²) in [6, 6.07) is 1.54. The first-order chi connectivity index (χ1) is 9.49. The van der Waals surface area contributed by atoms with Gasteiger partial charge in [0.25, 0.3) is 0 Å². The Morgan fingerprint density at radius 3 is 2.29 bits per heavy atom. The Hall–Kier alpha value is -1.07. The highest BCUT2D eigenvalue weighted by Crippen LogP contribution is 2.41. The largest absolute Gasteiger partial charge is 0.410 e. The molecule has 1 aromatic carbocycles. The molecule has 0 N–H and O–H groups in total. The molecule has 0 aliphatic rings. The molecule has 1 aromatic rings. The second-order valence-corrected chi connectivity index (χ2v) is 11.4. The molecule has 1 rings (SSSR count). The van der Waals surface area contributed by atoms with Crippen LogP contribution in [-0.4, -0.2) is 8.32 Å². The molecule has 0 aliphatic carbocycles. The molecule has 118 valence electrons. The normalized spacial score (nSPS) is 14.1. The lowest BCUT2D eigenvalue weighted by Gasteiger charge is -2.39. The van der Waals surface area contributed by atoms with Gasteiger partial charge < -0.3 is 4.43 Å². The number of halogens is 3. The Balaban J connectivity index is 3.23. The second-order valence-electron chi connectivity index (χ2n) is 6.68. The van der Waals surface area contributed by atoms with Crippen molar-refractivity contribution in [1.29, 1.82) is 0 Å². The van der Waals surface area contributed by atoms with Gasteiger partial charge in [0.1, 0.15) is 5.82 Å². The number of benzene rings is 1. The van der Waals surface area contributed by atoms with Crippen LogP contribution in [0.3, 0.4) is 0 Å². The van der Waals surface area contributed by atoms with Gasteiger partial charge in [-0.05, 0) is 30.6 Å². The Morgan fingerprint density at radius 2 is 1.81 bits per heavy atom. The van der Waals surface area contributed by atoms with Crippen LogP contribution in [0.15, 0.2) is 24.8 Å². The summed E-state index contributed by atoms with van der Waals surface area (Å²) in [4.78, 5) is 0. The zero-order valence-electron chi connectivity index (χ0n) is 13.3. The van der Waals surface area contributed by atoms with Crippen molar-refractivity contribution in [3.05, 3.63) is 47.8 Å². The van der Waals surface area contributed by atoms with Crippen molar-refractivity contribution in [3.8, 4) is 0 Å². The standard InChI is InChI=1S/C16H23F3OSi/c1-7-8-14(20-21(5,6)16(2,3)4)12-9-11(17)10-13(18)15(12)19/h7,9-10,14H,1,8H2,2-6H3. The van der Waals surface area contributed by atoms with Gasteiger partial charge in [0.05, 0.1) is 6.10 Å². The summed E-state index contributed by atoms with van der Waals surface area (Å²) in [5.41, 5.74) is -0.0859. The maximum absolute atomic E-state index is 14.0. The zero-order valence-corrected chi connectivity index (χ0v) is 14.3. The lowest BCUT2D eigenvalue weighted by molar-refractivity contribution is 0.180. The summed E-state index contributed by atoms with van der Waals surface area (Å²) in [5, 5.41) is -0.0885. The summed E-state index contributed by atoms with van der Waals surface area (Å²) in [6.45, 7) is 13.8. The number of hydrogen-bond acceptors (Lipinski definition) is 1. The Bertz CT molecular complexity index is 521. The van der Waals surface area contributed by atoms with Crippen LogP contribution >= 0.6 is 0 Å². The van der Waals surface area contributed by atoms with E-state index >= 15 is 0 Å². The van der Waals surface area contributed by atoms with E-state index < -0.39 is 31.9 Å². The third-order valence-corrected chi connectivity index (χ3v) is 8.48. The lowest BCUT2D eigenvalue weighted by Crippen LogP contribution is -2.42. The maximum atomic E-state index is 14.0. The fourth-order valence-corrected chi connectivity index (χ4v) is 3.02. The summed E-state index contributed by atoms with van der Waals surface area (Å²) in [7, 11) is -2.21. The number of rotatable bonds is 5. The molecule has 1 atom stereocenters. The number of hydrogen-bond donors (Lipinski definition) is 0. The van der Waals surface area contributed by atoms with E-state index in [1.54, 1.807) is 6.08 Å². The highest BCUT2D eigenvalue weighted by Gasteiger charge is 2.39. The van der Waals surface area contributed by atoms with Gasteiger partial charge >= 0.3 is 0 Å². The topological polar surface area (TPSA) is 9.23 Å². The van der Waals surface area contributed by atoms with Crippen molar-refractivity contribution in [1.82, 2.24) is 0 Å². The third kappa shape index (κ3) is 4.20. The molecule has 0 heterocycles. The van der Waals surface area contributed by atoms with Crippen LogP contribution < -0.4 is 0 Å². The van der Waals surface area contributed by atoms with Gasteiger partial charge in [0, 0.05) is 11.6 Å². The molecule has 0 saturated heterocycles. The van der Waals surface area contributed by atoms with E-state index in [9.17, 15) is 13.2 Å². The quantitative estimate of drug-likeness (QED) is 0.382. The minimum absolute atomic E-state index is 0.0859. The van der Waals surface area contributed by atoms with E-state index in [1.807, 2.05) is 33.9 Å². The van der Waals surface area contributed by atoms with Crippen LogP contribution in [0.2, 0.25) is 18.1 Å². The first kappa shape index (κ1) is 18.0. The summed E-state index contributed by atoms with van der Waals surface area (Å²) >= 11 is 0. The third-order valence-electron chi connectivity index (χ3n) is 3.99. The highest BCUT2D eigenvalue weighted by molar-refractivity contribution is 6.74. The predicted molar refractivity (Wildman–Crippen MR) is 82.2 cm³/mol. The van der Waals surface area contributed by atoms with Crippen molar-refractivity contribution < 1.29 is 17.6 Å². The Kier molecular flexibility index (Phi) is 5.44. The zero-order chi connectivity index (χ0) is 16.4. The molecule has 21 heavy (non-hydrogen) atoms. The van der Waals surface area contributed by atoms with Gasteiger partial charge in [-0.1, -0.05) is 26.8 Å². The molecule has 0 amide bonds. The van der Waals surface area contributed by atoms with Gasteiger partial charge in [0.2, 0.25) is 0 Å². The van der Waals surface area contributed by atoms with Gasteiger partial charge in [-0.25, -0.2) is 13.2 Å². The molecule has 0 spiro atoms. The lowest BCUT2D eigenvalue weighted by atomic mass is 10.1. The van der Waals surface area contributed by atoms with Gasteiger partial charge in [-0.15, -0.1) is 6.58 Å². The van der Waals surface area contributed by atoms with Crippen LogP contribution in [-0.2, 0) is 4.43 Å². The molecular weight excluding hydrogens is 293 g/mol. The van der Waals surface area contributed by atoms with Crippen LogP contribution in [0.25, 0.3) is 0 Å². The molecule has 5 heteroatoms. The van der Waals surface area contributed by atoms with Crippen molar-refractivity contribution in [3.63, 3.8) is 0 Å². The fraction of sp³-hybridized carbons (Fsp3) is 0.500. The summed E-state index contributed by atoms with van der Waals surface area (Å²) in [5.74, 6) is -3.06. The van der Waals surface area contributed by atoms with E-state index in [0.29, 0.717) is 12.5 Å². The van der Waals surface area contributed by atoms with E-state index in [2.05, 4.69) is 6.58 Å². The molecule has 0 radical (unpaired) electrons. The monoisotopic (exact) mass is 316 g/mol. The van der Waals surface area contributed by atoms with Gasteiger partial charge in [0.15, 0.2) is 20.0 Å². The molecule has 0 bridgehead atoms. The summed E-state index contributed by atoms with van der Waals surface area (Å²) in [6.07, 6.45) is 1.14. The molecule has 0 saturated carbocycles. The van der Waals surface area contributed by atoms with Crippen LogP contribution in [0, 0.1) is 17.5 Å². The first-order valence-electron chi connectivity index (χ1n) is 6.92. The first-order valence-corrected chi connectivity index (χ1v) is 9.83. The van der Waals surface area contributed by atoms with Gasteiger partial charge in [-0.3, -0.25) is 0 Å². The summed E-state index contributed by atoms with van der Waals surface area (Å²) < 4.78 is 46.9. The van der Waals surface area contributed by atoms with Crippen LogP contribution in [0.1, 0.15) is 38.9 Å². The van der Waals surface area contributed by atoms with Gasteiger partial charge in [-0.2, -0.15) is 0 Å². The predicted octanol–water partition coefficient (Wildman–Crippen LogP) is 5.74. The van der Waals surface area contributed by atoms with E-state index in [0.717, 1.165) is 6.07 Å². The Morgan fingerprint density at radius 1 is 1.24 bits per heavy atom. The second kappa shape index (κ2) is 6.36. The molecule has 1 unspecified atom stereocenters. The average molecular weight is 316 g/mol. The average Bonchev–Trinajstić information content (AvgIpc) is 2.31.